The normalized spacial score (nSPS) is 20.4. The van der Waals surface area contributed by atoms with Gasteiger partial charge in [0.1, 0.15) is 5.71 Å². The smallest absolute Gasteiger partial charge is 0.318 e. The van der Waals surface area contributed by atoms with Crippen molar-refractivity contribution in [2.45, 2.75) is 64.2 Å². The first-order chi connectivity index (χ1) is 21.5. The fraction of sp³-hybridized carbons (Fsp3) is 0.275. The Labute approximate surface area is 260 Å². The molecule has 3 aromatic carbocycles. The molecule has 2 atom stereocenters. The third kappa shape index (κ3) is 5.94. The molecule has 0 fully saturated rings. The van der Waals surface area contributed by atoms with Gasteiger partial charge in [0.25, 0.3) is 0 Å². The van der Waals surface area contributed by atoms with Crippen LogP contribution in [0.15, 0.2) is 126 Å². The molecule has 0 bridgehead atoms. The van der Waals surface area contributed by atoms with Crippen molar-refractivity contribution in [2.24, 2.45) is 11.1 Å². The number of aryl methyl sites for hydroxylation is 1. The van der Waals surface area contributed by atoms with E-state index in [-0.39, 0.29) is 22.8 Å². The van der Waals surface area contributed by atoms with E-state index >= 15 is 0 Å². The molecule has 4 heteroatoms. The second-order valence-corrected chi connectivity index (χ2v) is 12.1. The van der Waals surface area contributed by atoms with E-state index in [1.54, 1.807) is 0 Å². The number of hydrogen-bond acceptors (Lipinski definition) is 4. The van der Waals surface area contributed by atoms with Crippen LogP contribution in [-0.2, 0) is 21.5 Å². The van der Waals surface area contributed by atoms with E-state index in [1.165, 1.54) is 40.3 Å². The van der Waals surface area contributed by atoms with E-state index in [0.717, 1.165) is 44.1 Å². The third-order valence-corrected chi connectivity index (χ3v) is 9.38. The first kappa shape index (κ1) is 29.5. The van der Waals surface area contributed by atoms with Gasteiger partial charge in [0.15, 0.2) is 0 Å². The molecule has 3 aromatic rings. The summed E-state index contributed by atoms with van der Waals surface area (Å²) in [6, 6.07) is 25.6. The summed E-state index contributed by atoms with van der Waals surface area (Å²) in [6.07, 6.45) is 19.5. The molecule has 222 valence electrons. The van der Waals surface area contributed by atoms with Gasteiger partial charge in [0, 0.05) is 23.8 Å². The Balaban J connectivity index is 1.45. The van der Waals surface area contributed by atoms with E-state index in [2.05, 4.69) is 90.1 Å². The first-order valence-electron chi connectivity index (χ1n) is 15.7. The molecule has 0 heterocycles. The predicted octanol–water partition coefficient (Wildman–Crippen LogP) is 9.27. The van der Waals surface area contributed by atoms with E-state index in [1.807, 2.05) is 31.2 Å². The van der Waals surface area contributed by atoms with Crippen LogP contribution in [0, 0.1) is 5.92 Å². The molecule has 0 saturated carbocycles. The SMILES string of the molecule is CC(=O)O/N=C(/C(=O)c1ccc2c(c1)C(CCC1=CCCC=C1)(CCc1ccccc1)c1ccccc1-2)C1CC=CC=C1C. The van der Waals surface area contributed by atoms with Crippen molar-refractivity contribution in [3.05, 3.63) is 143 Å². The molecule has 0 spiro atoms. The van der Waals surface area contributed by atoms with Crippen LogP contribution in [0.5, 0.6) is 0 Å². The largest absolute Gasteiger partial charge is 0.331 e. The number of rotatable bonds is 10. The number of nitrogens with zero attached hydrogens (tertiary/aromatic N) is 1. The number of carbonyl (C=O) groups excluding carboxylic acids is 2. The highest BCUT2D eigenvalue weighted by Crippen LogP contribution is 2.54. The molecule has 4 nitrogen and oxygen atoms in total. The molecule has 0 aliphatic heterocycles. The van der Waals surface area contributed by atoms with Crippen molar-refractivity contribution < 1.29 is 14.4 Å². The van der Waals surface area contributed by atoms with Gasteiger partial charge in [0.05, 0.1) is 0 Å². The van der Waals surface area contributed by atoms with Crippen molar-refractivity contribution in [1.29, 1.82) is 0 Å². The Hall–Kier alpha value is -4.57. The summed E-state index contributed by atoms with van der Waals surface area (Å²) in [5, 5.41) is 4.14. The predicted molar refractivity (Wildman–Crippen MR) is 178 cm³/mol. The number of fused-ring (bicyclic) bond motifs is 3. The second kappa shape index (κ2) is 13.0. The summed E-state index contributed by atoms with van der Waals surface area (Å²) >= 11 is 0. The zero-order valence-corrected chi connectivity index (χ0v) is 25.6. The third-order valence-electron chi connectivity index (χ3n) is 9.38. The molecule has 0 N–H and O–H groups in total. The van der Waals surface area contributed by atoms with Gasteiger partial charge in [-0.1, -0.05) is 119 Å². The van der Waals surface area contributed by atoms with Crippen molar-refractivity contribution in [2.75, 3.05) is 0 Å². The summed E-state index contributed by atoms with van der Waals surface area (Å²) < 4.78 is 0. The molecule has 3 aliphatic rings. The Morgan fingerprint density at radius 2 is 1.66 bits per heavy atom. The Morgan fingerprint density at radius 1 is 0.886 bits per heavy atom. The van der Waals surface area contributed by atoms with Crippen LogP contribution in [-0.4, -0.2) is 17.5 Å². The number of benzene rings is 3. The van der Waals surface area contributed by atoms with Crippen LogP contribution >= 0.6 is 0 Å². The maximum absolute atomic E-state index is 14.3. The molecule has 6 rings (SSSR count). The number of oxime groups is 1. The van der Waals surface area contributed by atoms with Crippen LogP contribution in [0.3, 0.4) is 0 Å². The second-order valence-electron chi connectivity index (χ2n) is 12.1. The maximum atomic E-state index is 14.3. The minimum Gasteiger partial charge on any atom is -0.318 e. The summed E-state index contributed by atoms with van der Waals surface area (Å²) in [5.41, 5.74) is 9.26. The van der Waals surface area contributed by atoms with Crippen molar-refractivity contribution in [3.63, 3.8) is 0 Å². The van der Waals surface area contributed by atoms with E-state index in [4.69, 9.17) is 4.84 Å². The van der Waals surface area contributed by atoms with Gasteiger partial charge >= 0.3 is 5.97 Å². The van der Waals surface area contributed by atoms with E-state index < -0.39 is 5.97 Å². The molecular weight excluding hydrogens is 542 g/mol. The van der Waals surface area contributed by atoms with Crippen LogP contribution in [0.4, 0.5) is 0 Å². The molecule has 0 aromatic heterocycles. The van der Waals surface area contributed by atoms with Gasteiger partial charge in [-0.15, -0.1) is 0 Å². The van der Waals surface area contributed by atoms with Gasteiger partial charge in [0.2, 0.25) is 5.78 Å². The zero-order valence-electron chi connectivity index (χ0n) is 25.6. The molecule has 2 unspecified atom stereocenters. The summed E-state index contributed by atoms with van der Waals surface area (Å²) in [5.74, 6) is -0.989. The average Bonchev–Trinajstić information content (AvgIpc) is 3.33. The lowest BCUT2D eigenvalue weighted by Gasteiger charge is -2.33. The van der Waals surface area contributed by atoms with Gasteiger partial charge in [-0.3, -0.25) is 4.79 Å². The monoisotopic (exact) mass is 581 g/mol. The van der Waals surface area contributed by atoms with Gasteiger partial charge in [-0.05, 0) is 85.8 Å². The molecular formula is C40H39NO3. The minimum absolute atomic E-state index is 0.201. The lowest BCUT2D eigenvalue weighted by molar-refractivity contribution is -0.140. The molecule has 0 saturated heterocycles. The van der Waals surface area contributed by atoms with Gasteiger partial charge < -0.3 is 4.84 Å². The Kier molecular flexibility index (Phi) is 8.70. The average molecular weight is 582 g/mol. The molecule has 44 heavy (non-hydrogen) atoms. The van der Waals surface area contributed by atoms with Crippen LogP contribution in [0.1, 0.15) is 79.4 Å². The summed E-state index contributed by atoms with van der Waals surface area (Å²) in [4.78, 5) is 31.1. The lowest BCUT2D eigenvalue weighted by Crippen LogP contribution is -2.29. The highest BCUT2D eigenvalue weighted by Gasteiger charge is 2.43. The minimum atomic E-state index is -0.543. The molecule has 0 amide bonds. The summed E-state index contributed by atoms with van der Waals surface area (Å²) in [6.45, 7) is 3.30. The fourth-order valence-electron chi connectivity index (χ4n) is 7.06. The Morgan fingerprint density at radius 3 is 2.43 bits per heavy atom. The van der Waals surface area contributed by atoms with E-state index in [9.17, 15) is 9.59 Å². The van der Waals surface area contributed by atoms with Crippen molar-refractivity contribution in [1.82, 2.24) is 0 Å². The van der Waals surface area contributed by atoms with Crippen LogP contribution in [0.2, 0.25) is 0 Å². The topological polar surface area (TPSA) is 55.7 Å². The number of carbonyl (C=O) groups is 2. The zero-order chi connectivity index (χ0) is 30.5. The van der Waals surface area contributed by atoms with Crippen molar-refractivity contribution in [3.8, 4) is 11.1 Å². The highest BCUT2D eigenvalue weighted by molar-refractivity contribution is 6.47. The quantitative estimate of drug-likeness (QED) is 0.104. The lowest BCUT2D eigenvalue weighted by atomic mass is 9.69. The van der Waals surface area contributed by atoms with Gasteiger partial charge in [-0.2, -0.15) is 0 Å². The van der Waals surface area contributed by atoms with Crippen LogP contribution < -0.4 is 0 Å². The number of Topliss-reactive ketones (excluding diaryl/α,β-unsaturated/α-hetero) is 1. The highest BCUT2D eigenvalue weighted by atomic mass is 16.7. The van der Waals surface area contributed by atoms with E-state index in [0.29, 0.717) is 12.0 Å². The fourth-order valence-corrected chi connectivity index (χ4v) is 7.06. The standard InChI is InChI=1S/C40H39NO3/c1-28-13-9-10-18-33(28)38(41-44-29(2)42)39(43)32-21-22-35-34-19-11-12-20-36(34)40(37(35)27-32,25-23-30-14-5-3-6-15-30)26-24-31-16-7-4-8-17-31/h3,5-7,9-17,19-22,27,33H,4,8,18,23-26H2,1-2H3/b41-38+. The number of ketones is 1. The Bertz CT molecular complexity index is 1720. The maximum Gasteiger partial charge on any atom is 0.331 e. The van der Waals surface area contributed by atoms with Crippen LogP contribution in [0.25, 0.3) is 11.1 Å². The summed E-state index contributed by atoms with van der Waals surface area (Å²) in [7, 11) is 0. The van der Waals surface area contributed by atoms with Gasteiger partial charge in [-0.25, -0.2) is 4.79 Å². The number of hydrogen-bond donors (Lipinski definition) is 0. The number of allylic oxidation sites excluding steroid dienone is 8. The first-order valence-corrected chi connectivity index (χ1v) is 15.7. The molecule has 0 radical (unpaired) electrons. The van der Waals surface area contributed by atoms with Crippen molar-refractivity contribution >= 4 is 17.5 Å². The molecule has 3 aliphatic carbocycles.